The number of amides is 1. The molecule has 1 fully saturated rings. The zero-order valence-corrected chi connectivity index (χ0v) is 13.5. The molecule has 0 spiro atoms. The molecule has 18 heavy (non-hydrogen) atoms. The van der Waals surface area contributed by atoms with Crippen LogP contribution in [0, 0.1) is 11.3 Å². The van der Waals surface area contributed by atoms with Gasteiger partial charge >= 0.3 is 0 Å². The predicted octanol–water partition coefficient (Wildman–Crippen LogP) is 3.77. The number of hydrogen-bond acceptors (Lipinski definition) is 3. The van der Waals surface area contributed by atoms with Gasteiger partial charge in [0, 0.05) is 5.92 Å². The first kappa shape index (κ1) is 13.9. The molecule has 0 aromatic carbocycles. The van der Waals surface area contributed by atoms with Crippen molar-refractivity contribution in [3.8, 4) is 0 Å². The minimum Gasteiger partial charge on any atom is -0.308 e. The normalized spacial score (nSPS) is 21.9. The highest BCUT2D eigenvalue weighted by atomic mass is 79.9. The second kappa shape index (κ2) is 5.25. The molecule has 1 unspecified atom stereocenters. The highest BCUT2D eigenvalue weighted by molar-refractivity contribution is 9.11. The molecule has 0 saturated heterocycles. The number of carbonyl (C=O) groups is 1. The Morgan fingerprint density at radius 2 is 2.22 bits per heavy atom. The summed E-state index contributed by atoms with van der Waals surface area (Å²) in [5.41, 5.74) is 0.0688. The number of nitrogens with zero attached hydrogens (tertiary/aromatic N) is 2. The lowest BCUT2D eigenvalue weighted by molar-refractivity contribution is -0.122. The molecule has 1 N–H and O–H groups in total. The number of aromatic nitrogens is 2. The number of anilines is 1. The van der Waals surface area contributed by atoms with Crippen molar-refractivity contribution < 1.29 is 4.79 Å². The molecule has 1 aromatic heterocycles. The minimum absolute atomic E-state index is 0.0369. The van der Waals surface area contributed by atoms with Crippen molar-refractivity contribution in [1.29, 1.82) is 0 Å². The van der Waals surface area contributed by atoms with Crippen LogP contribution in [0.3, 0.4) is 0 Å². The van der Waals surface area contributed by atoms with Gasteiger partial charge in [0.05, 0.1) is 6.20 Å². The maximum atomic E-state index is 12.3. The van der Waals surface area contributed by atoms with Crippen molar-refractivity contribution >= 4 is 43.6 Å². The van der Waals surface area contributed by atoms with Crippen molar-refractivity contribution in [2.45, 2.75) is 33.1 Å². The molecule has 1 saturated carbocycles. The molecule has 1 aromatic rings. The fraction of sp³-hybridized carbons (Fsp3) is 0.583. The van der Waals surface area contributed by atoms with Gasteiger partial charge in [-0.2, -0.15) is 0 Å². The van der Waals surface area contributed by atoms with Gasteiger partial charge in [-0.3, -0.25) is 4.79 Å². The molecule has 0 radical (unpaired) electrons. The van der Waals surface area contributed by atoms with Gasteiger partial charge in [0.15, 0.2) is 5.82 Å². The van der Waals surface area contributed by atoms with Crippen LogP contribution in [0.25, 0.3) is 0 Å². The van der Waals surface area contributed by atoms with Crippen LogP contribution >= 0.6 is 31.9 Å². The van der Waals surface area contributed by atoms with E-state index in [0.717, 1.165) is 19.3 Å². The number of hydrogen-bond donors (Lipinski definition) is 1. The van der Waals surface area contributed by atoms with Crippen LogP contribution < -0.4 is 5.32 Å². The number of rotatable bonds is 2. The van der Waals surface area contributed by atoms with Crippen molar-refractivity contribution in [2.75, 3.05) is 5.32 Å². The fourth-order valence-electron chi connectivity index (χ4n) is 2.45. The smallest absolute Gasteiger partial charge is 0.229 e. The van der Waals surface area contributed by atoms with Crippen LogP contribution in [0.2, 0.25) is 0 Å². The number of carbonyl (C=O) groups excluding carboxylic acids is 1. The van der Waals surface area contributed by atoms with Gasteiger partial charge in [0.1, 0.15) is 9.21 Å². The molecule has 1 aliphatic carbocycles. The van der Waals surface area contributed by atoms with Crippen LogP contribution in [-0.4, -0.2) is 15.9 Å². The highest BCUT2D eigenvalue weighted by Gasteiger charge is 2.39. The Morgan fingerprint density at radius 3 is 2.78 bits per heavy atom. The van der Waals surface area contributed by atoms with Crippen molar-refractivity contribution in [3.63, 3.8) is 0 Å². The summed E-state index contributed by atoms with van der Waals surface area (Å²) in [4.78, 5) is 20.6. The first-order valence-corrected chi connectivity index (χ1v) is 7.47. The van der Waals surface area contributed by atoms with Crippen molar-refractivity contribution in [2.24, 2.45) is 11.3 Å². The lowest BCUT2D eigenvalue weighted by Crippen LogP contribution is -2.31. The summed E-state index contributed by atoms with van der Waals surface area (Å²) < 4.78 is 1.18. The van der Waals surface area contributed by atoms with Gasteiger partial charge in [-0.05, 0) is 50.1 Å². The lowest BCUT2D eigenvalue weighted by atomic mass is 9.81. The largest absolute Gasteiger partial charge is 0.308 e. The molecule has 1 aliphatic rings. The fourth-order valence-corrected chi connectivity index (χ4v) is 3.36. The van der Waals surface area contributed by atoms with E-state index in [2.05, 4.69) is 61.0 Å². The van der Waals surface area contributed by atoms with Gasteiger partial charge in [-0.15, -0.1) is 0 Å². The van der Waals surface area contributed by atoms with E-state index in [-0.39, 0.29) is 17.2 Å². The summed E-state index contributed by atoms with van der Waals surface area (Å²) in [6.07, 6.45) is 4.72. The first-order chi connectivity index (χ1) is 8.40. The molecule has 98 valence electrons. The summed E-state index contributed by atoms with van der Waals surface area (Å²) in [5.74, 6) is 0.565. The lowest BCUT2D eigenvalue weighted by Gasteiger charge is -2.25. The van der Waals surface area contributed by atoms with E-state index in [1.807, 2.05) is 0 Å². The molecule has 0 aliphatic heterocycles. The third-order valence-corrected chi connectivity index (χ3v) is 4.45. The van der Waals surface area contributed by atoms with Crippen molar-refractivity contribution in [3.05, 3.63) is 15.4 Å². The Labute approximate surface area is 123 Å². The standard InChI is InChI=1S/C12H15Br2N3O/c1-12(2)5-3-4-7(12)11(18)17-10-9(14)16-8(13)6-15-10/h6-7H,3-5H2,1-2H3,(H,15,17,18). The molecule has 6 heteroatoms. The van der Waals surface area contributed by atoms with Gasteiger partial charge in [0.25, 0.3) is 0 Å². The maximum Gasteiger partial charge on any atom is 0.229 e. The molecule has 0 bridgehead atoms. The molecule has 4 nitrogen and oxygen atoms in total. The summed E-state index contributed by atoms with van der Waals surface area (Å²) in [5, 5.41) is 2.85. The molecule has 1 amide bonds. The van der Waals surface area contributed by atoms with Crippen LogP contribution in [0.15, 0.2) is 15.4 Å². The van der Waals surface area contributed by atoms with Gasteiger partial charge in [-0.1, -0.05) is 20.3 Å². The Kier molecular flexibility index (Phi) is 4.06. The zero-order chi connectivity index (χ0) is 13.3. The highest BCUT2D eigenvalue weighted by Crippen LogP contribution is 2.43. The average molecular weight is 377 g/mol. The number of halogens is 2. The van der Waals surface area contributed by atoms with E-state index in [9.17, 15) is 4.79 Å². The van der Waals surface area contributed by atoms with Gasteiger partial charge in [-0.25, -0.2) is 9.97 Å². The van der Waals surface area contributed by atoms with E-state index in [1.165, 1.54) is 0 Å². The Hall–Kier alpha value is -0.490. The molecule has 2 rings (SSSR count). The van der Waals surface area contributed by atoms with E-state index < -0.39 is 0 Å². The van der Waals surface area contributed by atoms with E-state index in [0.29, 0.717) is 15.0 Å². The van der Waals surface area contributed by atoms with E-state index >= 15 is 0 Å². The third-order valence-electron chi connectivity index (χ3n) is 3.52. The molecular weight excluding hydrogens is 362 g/mol. The van der Waals surface area contributed by atoms with Crippen LogP contribution in [0.4, 0.5) is 5.82 Å². The summed E-state index contributed by atoms with van der Waals surface area (Å²) >= 11 is 6.52. The van der Waals surface area contributed by atoms with Crippen LogP contribution in [0.5, 0.6) is 0 Å². The number of nitrogens with one attached hydrogen (secondary N) is 1. The van der Waals surface area contributed by atoms with Crippen LogP contribution in [-0.2, 0) is 4.79 Å². The zero-order valence-electron chi connectivity index (χ0n) is 10.3. The monoisotopic (exact) mass is 375 g/mol. The van der Waals surface area contributed by atoms with Crippen molar-refractivity contribution in [1.82, 2.24) is 9.97 Å². The Balaban J connectivity index is 2.12. The third kappa shape index (κ3) is 2.91. The van der Waals surface area contributed by atoms with E-state index in [4.69, 9.17) is 0 Å². The minimum atomic E-state index is 0.0369. The Bertz CT molecular complexity index is 476. The average Bonchev–Trinajstić information content (AvgIpc) is 2.62. The van der Waals surface area contributed by atoms with Gasteiger partial charge < -0.3 is 5.32 Å². The van der Waals surface area contributed by atoms with Crippen LogP contribution in [0.1, 0.15) is 33.1 Å². The summed E-state index contributed by atoms with van der Waals surface area (Å²) in [6.45, 7) is 4.29. The second-order valence-electron chi connectivity index (χ2n) is 5.25. The quantitative estimate of drug-likeness (QED) is 0.854. The summed E-state index contributed by atoms with van der Waals surface area (Å²) in [7, 11) is 0. The maximum absolute atomic E-state index is 12.3. The Morgan fingerprint density at radius 1 is 1.50 bits per heavy atom. The van der Waals surface area contributed by atoms with Gasteiger partial charge in [0.2, 0.25) is 5.91 Å². The molecule has 1 heterocycles. The molecule has 1 atom stereocenters. The predicted molar refractivity (Wildman–Crippen MR) is 77.2 cm³/mol. The topological polar surface area (TPSA) is 54.9 Å². The SMILES string of the molecule is CC1(C)CCCC1C(=O)Nc1ncc(Br)nc1Br. The second-order valence-corrected chi connectivity index (χ2v) is 6.82. The molecular formula is C12H15Br2N3O. The first-order valence-electron chi connectivity index (χ1n) is 5.89. The summed E-state index contributed by atoms with van der Waals surface area (Å²) in [6, 6.07) is 0. The van der Waals surface area contributed by atoms with E-state index in [1.54, 1.807) is 6.20 Å².